The van der Waals surface area contributed by atoms with E-state index in [1.54, 1.807) is 4.90 Å². The molecule has 1 aliphatic rings. The van der Waals surface area contributed by atoms with Crippen LogP contribution in [0.5, 0.6) is 0 Å². The maximum Gasteiger partial charge on any atom is 0.261 e. The second-order valence-corrected chi connectivity index (χ2v) is 5.35. The van der Waals surface area contributed by atoms with Gasteiger partial charge in [0.1, 0.15) is 12.4 Å². The molecule has 0 N–H and O–H groups in total. The highest BCUT2D eigenvalue weighted by Crippen LogP contribution is 2.10. The Morgan fingerprint density at radius 3 is 3.09 bits per heavy atom. The number of amides is 1. The summed E-state index contributed by atoms with van der Waals surface area (Å²) in [4.78, 5) is 30.5. The number of ether oxygens (including phenoxy) is 1. The molecule has 0 bridgehead atoms. The lowest BCUT2D eigenvalue weighted by Gasteiger charge is -2.33. The molecule has 1 fully saturated rings. The van der Waals surface area contributed by atoms with Crippen LogP contribution in [0, 0.1) is 5.82 Å². The predicted octanol–water partition coefficient (Wildman–Crippen LogP) is 0.783. The van der Waals surface area contributed by atoms with Crippen LogP contribution in [-0.2, 0) is 16.1 Å². The predicted molar refractivity (Wildman–Crippen MR) is 78.0 cm³/mol. The highest BCUT2D eigenvalue weighted by atomic mass is 19.1. The molecule has 6 nitrogen and oxygen atoms in total. The summed E-state index contributed by atoms with van der Waals surface area (Å²) in [6.45, 7) is 3.27. The lowest BCUT2D eigenvalue weighted by molar-refractivity contribution is -0.139. The summed E-state index contributed by atoms with van der Waals surface area (Å²) in [7, 11) is 0. The molecule has 0 spiro atoms. The van der Waals surface area contributed by atoms with E-state index in [-0.39, 0.29) is 23.9 Å². The van der Waals surface area contributed by atoms with Crippen molar-refractivity contribution in [3.8, 4) is 0 Å². The van der Waals surface area contributed by atoms with E-state index in [0.717, 1.165) is 6.07 Å². The number of hydrogen-bond acceptors (Lipinski definition) is 4. The third-order valence-electron chi connectivity index (χ3n) is 3.78. The van der Waals surface area contributed by atoms with Crippen molar-refractivity contribution in [1.29, 1.82) is 0 Å². The number of carbonyl (C=O) groups is 1. The molecule has 1 unspecified atom stereocenters. The summed E-state index contributed by atoms with van der Waals surface area (Å²) in [6.07, 6.45) is 1.32. The molecule has 22 heavy (non-hydrogen) atoms. The Labute approximate surface area is 126 Å². The van der Waals surface area contributed by atoms with Crippen molar-refractivity contribution in [1.82, 2.24) is 14.5 Å². The van der Waals surface area contributed by atoms with Gasteiger partial charge in [0.05, 0.1) is 36.5 Å². The third kappa shape index (κ3) is 2.71. The van der Waals surface area contributed by atoms with Crippen LogP contribution in [-0.4, -0.2) is 46.2 Å². The van der Waals surface area contributed by atoms with Gasteiger partial charge >= 0.3 is 0 Å². The van der Waals surface area contributed by atoms with Gasteiger partial charge in [0.2, 0.25) is 5.91 Å². The lowest BCUT2D eigenvalue weighted by atomic mass is 10.2. The van der Waals surface area contributed by atoms with Crippen molar-refractivity contribution in [2.75, 3.05) is 19.8 Å². The fraction of sp³-hybridized carbons (Fsp3) is 0.400. The Morgan fingerprint density at radius 1 is 1.50 bits per heavy atom. The molecule has 1 aromatic carbocycles. The molecule has 0 radical (unpaired) electrons. The van der Waals surface area contributed by atoms with Gasteiger partial charge in [0.25, 0.3) is 5.56 Å². The van der Waals surface area contributed by atoms with E-state index in [2.05, 4.69) is 4.98 Å². The molecule has 3 rings (SSSR count). The molecule has 1 saturated heterocycles. The minimum atomic E-state index is -0.503. The van der Waals surface area contributed by atoms with E-state index in [4.69, 9.17) is 4.74 Å². The molecule has 0 saturated carbocycles. The van der Waals surface area contributed by atoms with Gasteiger partial charge in [-0.3, -0.25) is 14.2 Å². The number of hydrogen-bond donors (Lipinski definition) is 0. The zero-order valence-electron chi connectivity index (χ0n) is 12.2. The molecule has 2 heterocycles. The standard InChI is InChI=1S/C15H16FN3O3/c1-10-8-22-5-4-19(10)14(20)7-18-9-17-13-3-2-11(16)6-12(13)15(18)21/h2-3,6,9-10H,4-5,7-8H2,1H3. The molecule has 7 heteroatoms. The van der Waals surface area contributed by atoms with Crippen LogP contribution in [0.4, 0.5) is 4.39 Å². The molecular weight excluding hydrogens is 289 g/mol. The summed E-state index contributed by atoms with van der Waals surface area (Å²) in [5, 5.41) is 0.172. The minimum Gasteiger partial charge on any atom is -0.377 e. The normalized spacial score (nSPS) is 18.6. The smallest absolute Gasteiger partial charge is 0.261 e. The molecule has 1 aliphatic heterocycles. The average Bonchev–Trinajstić information content (AvgIpc) is 2.51. The van der Waals surface area contributed by atoms with Crippen LogP contribution in [0.2, 0.25) is 0 Å². The van der Waals surface area contributed by atoms with Gasteiger partial charge in [-0.2, -0.15) is 0 Å². The summed E-state index contributed by atoms with van der Waals surface area (Å²) in [5.74, 6) is -0.673. The van der Waals surface area contributed by atoms with Crippen molar-refractivity contribution < 1.29 is 13.9 Å². The monoisotopic (exact) mass is 305 g/mol. The van der Waals surface area contributed by atoms with Gasteiger partial charge in [-0.15, -0.1) is 0 Å². The number of aromatic nitrogens is 2. The Balaban J connectivity index is 1.89. The largest absolute Gasteiger partial charge is 0.377 e. The molecule has 2 aromatic rings. The van der Waals surface area contributed by atoms with Crippen molar-refractivity contribution in [3.05, 3.63) is 40.7 Å². The first-order valence-electron chi connectivity index (χ1n) is 7.08. The zero-order chi connectivity index (χ0) is 15.7. The van der Waals surface area contributed by atoms with Gasteiger partial charge in [0, 0.05) is 6.54 Å². The fourth-order valence-electron chi connectivity index (χ4n) is 2.58. The van der Waals surface area contributed by atoms with E-state index in [0.29, 0.717) is 25.3 Å². The maximum absolute atomic E-state index is 13.3. The van der Waals surface area contributed by atoms with E-state index in [9.17, 15) is 14.0 Å². The first-order valence-corrected chi connectivity index (χ1v) is 7.08. The second-order valence-electron chi connectivity index (χ2n) is 5.35. The molecule has 1 atom stereocenters. The summed E-state index contributed by atoms with van der Waals surface area (Å²) in [6, 6.07) is 3.81. The van der Waals surface area contributed by atoms with Gasteiger partial charge in [-0.25, -0.2) is 9.37 Å². The number of rotatable bonds is 2. The van der Waals surface area contributed by atoms with Crippen molar-refractivity contribution >= 4 is 16.8 Å². The van der Waals surface area contributed by atoms with Crippen molar-refractivity contribution in [3.63, 3.8) is 0 Å². The lowest BCUT2D eigenvalue weighted by Crippen LogP contribution is -2.48. The zero-order valence-corrected chi connectivity index (χ0v) is 12.2. The average molecular weight is 305 g/mol. The Bertz CT molecular complexity index is 774. The summed E-state index contributed by atoms with van der Waals surface area (Å²) >= 11 is 0. The number of morpholine rings is 1. The third-order valence-corrected chi connectivity index (χ3v) is 3.78. The van der Waals surface area contributed by atoms with Crippen LogP contribution in [0.3, 0.4) is 0 Å². The highest BCUT2D eigenvalue weighted by Gasteiger charge is 2.24. The summed E-state index contributed by atoms with van der Waals surface area (Å²) in [5.41, 5.74) is -0.00592. The first kappa shape index (κ1) is 14.6. The van der Waals surface area contributed by atoms with E-state index >= 15 is 0 Å². The number of fused-ring (bicyclic) bond motifs is 1. The quantitative estimate of drug-likeness (QED) is 0.822. The molecule has 1 amide bonds. The maximum atomic E-state index is 13.3. The van der Waals surface area contributed by atoms with Crippen molar-refractivity contribution in [2.24, 2.45) is 0 Å². The highest BCUT2D eigenvalue weighted by molar-refractivity contribution is 5.79. The Morgan fingerprint density at radius 2 is 2.32 bits per heavy atom. The van der Waals surface area contributed by atoms with E-state index in [1.807, 2.05) is 6.92 Å². The Kier molecular flexibility index (Phi) is 3.89. The van der Waals surface area contributed by atoms with E-state index in [1.165, 1.54) is 23.0 Å². The molecule has 1 aromatic heterocycles. The number of halogens is 1. The van der Waals surface area contributed by atoms with Gasteiger partial charge in [-0.05, 0) is 25.1 Å². The topological polar surface area (TPSA) is 64.4 Å². The summed E-state index contributed by atoms with van der Waals surface area (Å²) < 4.78 is 19.8. The molecule has 116 valence electrons. The number of benzene rings is 1. The van der Waals surface area contributed by atoms with Gasteiger partial charge in [0.15, 0.2) is 0 Å². The van der Waals surface area contributed by atoms with E-state index < -0.39 is 11.4 Å². The number of carbonyl (C=O) groups excluding carboxylic acids is 1. The molecule has 0 aliphatic carbocycles. The van der Waals surface area contributed by atoms with Crippen LogP contribution in [0.15, 0.2) is 29.3 Å². The minimum absolute atomic E-state index is 0.0252. The SMILES string of the molecule is CC1COCCN1C(=O)Cn1cnc2ccc(F)cc2c1=O. The van der Waals surface area contributed by atoms with Crippen molar-refractivity contribution in [2.45, 2.75) is 19.5 Å². The van der Waals surface area contributed by atoms with Gasteiger partial charge in [-0.1, -0.05) is 0 Å². The van der Waals surface area contributed by atoms with Crippen LogP contribution in [0.25, 0.3) is 10.9 Å². The van der Waals surface area contributed by atoms with Crippen LogP contribution >= 0.6 is 0 Å². The van der Waals surface area contributed by atoms with Gasteiger partial charge < -0.3 is 9.64 Å². The second kappa shape index (κ2) is 5.84. The molecular formula is C15H16FN3O3. The first-order chi connectivity index (χ1) is 10.6. The van der Waals surface area contributed by atoms with Crippen LogP contribution < -0.4 is 5.56 Å². The Hall–Kier alpha value is -2.28. The fourth-order valence-corrected chi connectivity index (χ4v) is 2.58. The number of nitrogens with zero attached hydrogens (tertiary/aromatic N) is 3. The van der Waals surface area contributed by atoms with Crippen LogP contribution in [0.1, 0.15) is 6.92 Å².